The molecule has 0 aliphatic rings. The molecule has 1 amide bonds. The molecule has 0 aliphatic carbocycles. The van der Waals surface area contributed by atoms with Crippen molar-refractivity contribution < 1.29 is 14.7 Å². The van der Waals surface area contributed by atoms with E-state index in [9.17, 15) is 19.5 Å². The average molecular weight is 344 g/mol. The zero-order valence-electron chi connectivity index (χ0n) is 12.5. The number of carbonyl (C=O) groups is 2. The number of carboxylic acids is 1. The molecule has 0 saturated heterocycles. The van der Waals surface area contributed by atoms with Crippen molar-refractivity contribution in [3.63, 3.8) is 0 Å². The largest absolute Gasteiger partial charge is 0.479 e. The number of rotatable bonds is 4. The summed E-state index contributed by atoms with van der Waals surface area (Å²) in [6, 6.07) is 2.12. The molecule has 0 saturated carbocycles. The molecule has 1 atom stereocenters. The first kappa shape index (κ1) is 15.8. The molecule has 2 N–H and O–H groups in total. The third-order valence-corrected chi connectivity index (χ3v) is 3.97. The lowest BCUT2D eigenvalue weighted by Crippen LogP contribution is -2.37. The number of hydrogen-bond acceptors (Lipinski definition) is 6. The van der Waals surface area contributed by atoms with Crippen molar-refractivity contribution in [2.45, 2.75) is 13.0 Å². The van der Waals surface area contributed by atoms with Gasteiger partial charge >= 0.3 is 5.97 Å². The summed E-state index contributed by atoms with van der Waals surface area (Å²) in [6.07, 6.45) is 2.71. The van der Waals surface area contributed by atoms with Crippen molar-refractivity contribution in [1.82, 2.24) is 19.7 Å². The summed E-state index contributed by atoms with van der Waals surface area (Å²) in [5, 5.41) is 13.1. The van der Waals surface area contributed by atoms with Gasteiger partial charge in [0.15, 0.2) is 6.04 Å². The molecule has 3 rings (SSSR count). The molecule has 0 aromatic carbocycles. The molecular formula is C15H12N4O4S. The van der Waals surface area contributed by atoms with E-state index >= 15 is 0 Å². The highest BCUT2D eigenvalue weighted by molar-refractivity contribution is 7.07. The number of hydrogen-bond donors (Lipinski definition) is 2. The zero-order valence-corrected chi connectivity index (χ0v) is 13.3. The van der Waals surface area contributed by atoms with Gasteiger partial charge in [0, 0.05) is 17.8 Å². The number of nitrogens with one attached hydrogen (secondary N) is 1. The fourth-order valence-electron chi connectivity index (χ4n) is 2.17. The van der Waals surface area contributed by atoms with Crippen LogP contribution in [-0.2, 0) is 4.79 Å². The summed E-state index contributed by atoms with van der Waals surface area (Å²) < 4.78 is 1.25. The molecule has 0 spiro atoms. The van der Waals surface area contributed by atoms with Gasteiger partial charge in [-0.05, 0) is 18.6 Å². The molecule has 3 aromatic heterocycles. The monoisotopic (exact) mass is 344 g/mol. The number of aryl methyl sites for hydroxylation is 1. The summed E-state index contributed by atoms with van der Waals surface area (Å²) >= 11 is 1.21. The number of aliphatic carboxylic acids is 1. The summed E-state index contributed by atoms with van der Waals surface area (Å²) in [6.45, 7) is 1.81. The molecule has 0 bridgehead atoms. The second-order valence-corrected chi connectivity index (χ2v) is 5.79. The fraction of sp³-hybridized carbons (Fsp3) is 0.133. The summed E-state index contributed by atoms with van der Waals surface area (Å²) in [4.78, 5) is 44.1. The van der Waals surface area contributed by atoms with Crippen LogP contribution in [0.4, 0.5) is 0 Å². The van der Waals surface area contributed by atoms with E-state index in [4.69, 9.17) is 0 Å². The number of amides is 1. The van der Waals surface area contributed by atoms with Crippen LogP contribution in [0.1, 0.15) is 27.7 Å². The highest BCUT2D eigenvalue weighted by Gasteiger charge is 2.26. The molecule has 24 heavy (non-hydrogen) atoms. The van der Waals surface area contributed by atoms with Gasteiger partial charge in [-0.25, -0.2) is 14.8 Å². The Labute approximate surface area is 139 Å². The SMILES string of the molecule is Cc1ccc2ncc(C(=O)NC(C(=O)O)c3cscn3)c(=O)n2c1. The van der Waals surface area contributed by atoms with Gasteiger partial charge in [-0.1, -0.05) is 6.07 Å². The van der Waals surface area contributed by atoms with Crippen LogP contribution >= 0.6 is 11.3 Å². The van der Waals surface area contributed by atoms with Gasteiger partial charge in [0.1, 0.15) is 11.2 Å². The van der Waals surface area contributed by atoms with Crippen molar-refractivity contribution in [3.8, 4) is 0 Å². The highest BCUT2D eigenvalue weighted by atomic mass is 32.1. The first-order valence-electron chi connectivity index (χ1n) is 6.87. The minimum Gasteiger partial charge on any atom is -0.479 e. The lowest BCUT2D eigenvalue weighted by atomic mass is 10.2. The Morgan fingerprint density at radius 3 is 2.79 bits per heavy atom. The summed E-state index contributed by atoms with van der Waals surface area (Å²) in [5.74, 6) is -2.08. The van der Waals surface area contributed by atoms with Crippen molar-refractivity contribution >= 4 is 28.9 Å². The second-order valence-electron chi connectivity index (χ2n) is 5.07. The van der Waals surface area contributed by atoms with E-state index in [-0.39, 0.29) is 11.3 Å². The topological polar surface area (TPSA) is 114 Å². The molecule has 0 aliphatic heterocycles. The minimum absolute atomic E-state index is 0.200. The van der Waals surface area contributed by atoms with Gasteiger partial charge < -0.3 is 10.4 Å². The van der Waals surface area contributed by atoms with Crippen molar-refractivity contribution in [1.29, 1.82) is 0 Å². The predicted octanol–water partition coefficient (Wildman–Crippen LogP) is 1.02. The zero-order chi connectivity index (χ0) is 17.3. The molecule has 1 unspecified atom stereocenters. The van der Waals surface area contributed by atoms with Crippen LogP contribution in [-0.4, -0.2) is 31.4 Å². The molecule has 122 valence electrons. The van der Waals surface area contributed by atoms with E-state index in [1.807, 2.05) is 0 Å². The Balaban J connectivity index is 1.98. The Bertz CT molecular complexity index is 981. The van der Waals surface area contributed by atoms with Gasteiger partial charge in [-0.3, -0.25) is 14.0 Å². The highest BCUT2D eigenvalue weighted by Crippen LogP contribution is 2.13. The Morgan fingerprint density at radius 1 is 1.33 bits per heavy atom. The normalized spacial score (nSPS) is 12.0. The van der Waals surface area contributed by atoms with Crippen molar-refractivity contribution in [3.05, 3.63) is 62.6 Å². The molecule has 0 radical (unpaired) electrons. The van der Waals surface area contributed by atoms with E-state index in [1.165, 1.54) is 26.6 Å². The number of pyridine rings is 1. The molecule has 0 fully saturated rings. The van der Waals surface area contributed by atoms with Crippen LogP contribution in [0.3, 0.4) is 0 Å². The fourth-order valence-corrected chi connectivity index (χ4v) is 2.75. The number of fused-ring (bicyclic) bond motifs is 1. The van der Waals surface area contributed by atoms with Crippen LogP contribution in [0.2, 0.25) is 0 Å². The van der Waals surface area contributed by atoms with Gasteiger partial charge in [-0.2, -0.15) is 0 Å². The average Bonchev–Trinajstić information content (AvgIpc) is 3.07. The van der Waals surface area contributed by atoms with Crippen molar-refractivity contribution in [2.24, 2.45) is 0 Å². The molecule has 9 heteroatoms. The Hall–Kier alpha value is -3.07. The Morgan fingerprint density at radius 2 is 2.12 bits per heavy atom. The van der Waals surface area contributed by atoms with Crippen LogP contribution in [0.5, 0.6) is 0 Å². The third-order valence-electron chi connectivity index (χ3n) is 3.36. The number of thiazole rings is 1. The maximum Gasteiger partial charge on any atom is 0.332 e. The minimum atomic E-state index is -1.33. The standard InChI is InChI=1S/C15H12N4O4S/c1-8-2-3-11-16-4-9(14(21)19(11)5-8)13(20)18-12(15(22)23)10-6-24-7-17-10/h2-7,12H,1H3,(H,18,20)(H,22,23). The van der Waals surface area contributed by atoms with Gasteiger partial charge in [-0.15, -0.1) is 11.3 Å². The number of carboxylic acid groups (broad SMARTS) is 1. The van der Waals surface area contributed by atoms with Gasteiger partial charge in [0.2, 0.25) is 0 Å². The van der Waals surface area contributed by atoms with Gasteiger partial charge in [0.25, 0.3) is 11.5 Å². The maximum absolute atomic E-state index is 12.5. The number of aromatic nitrogens is 3. The number of carbonyl (C=O) groups excluding carboxylic acids is 1. The molecular weight excluding hydrogens is 332 g/mol. The van der Waals surface area contributed by atoms with Crippen molar-refractivity contribution in [2.75, 3.05) is 0 Å². The molecule has 3 aromatic rings. The van der Waals surface area contributed by atoms with Gasteiger partial charge in [0.05, 0.1) is 11.2 Å². The first-order valence-corrected chi connectivity index (χ1v) is 7.81. The van der Waals surface area contributed by atoms with E-state index in [0.29, 0.717) is 5.65 Å². The molecule has 3 heterocycles. The van der Waals surface area contributed by atoms with Crippen LogP contribution in [0.15, 0.2) is 40.2 Å². The Kier molecular flexibility index (Phi) is 4.09. The maximum atomic E-state index is 12.5. The van der Waals surface area contributed by atoms with Crippen LogP contribution in [0, 0.1) is 6.92 Å². The third kappa shape index (κ3) is 2.88. The number of nitrogens with zero attached hydrogens (tertiary/aromatic N) is 3. The van der Waals surface area contributed by atoms with Crippen LogP contribution < -0.4 is 10.9 Å². The summed E-state index contributed by atoms with van der Waals surface area (Å²) in [7, 11) is 0. The summed E-state index contributed by atoms with van der Waals surface area (Å²) in [5.41, 5.74) is 2.09. The lowest BCUT2D eigenvalue weighted by Gasteiger charge is -2.12. The smallest absolute Gasteiger partial charge is 0.332 e. The molecule has 8 nitrogen and oxygen atoms in total. The van der Waals surface area contributed by atoms with E-state index in [1.54, 1.807) is 25.3 Å². The van der Waals surface area contributed by atoms with Crippen LogP contribution in [0.25, 0.3) is 5.65 Å². The van der Waals surface area contributed by atoms with E-state index in [2.05, 4.69) is 15.3 Å². The van der Waals surface area contributed by atoms with E-state index in [0.717, 1.165) is 11.8 Å². The first-order chi connectivity index (χ1) is 11.5. The lowest BCUT2D eigenvalue weighted by molar-refractivity contribution is -0.139. The van der Waals surface area contributed by atoms with E-state index < -0.39 is 23.5 Å². The quantitative estimate of drug-likeness (QED) is 0.730. The predicted molar refractivity (Wildman–Crippen MR) is 86.2 cm³/mol. The second kappa shape index (κ2) is 6.20.